The number of carbonyl (C=O) groups excluding carboxylic acids is 2. The van der Waals surface area contributed by atoms with Gasteiger partial charge in [-0.1, -0.05) is 6.07 Å². The van der Waals surface area contributed by atoms with Gasteiger partial charge in [-0.25, -0.2) is 9.78 Å². The maximum atomic E-state index is 12.1. The van der Waals surface area contributed by atoms with Crippen molar-refractivity contribution in [2.75, 3.05) is 18.0 Å². The molecule has 1 aromatic carbocycles. The van der Waals surface area contributed by atoms with Crippen LogP contribution in [0.5, 0.6) is 0 Å². The zero-order valence-electron chi connectivity index (χ0n) is 16.5. The molecule has 8 heteroatoms. The van der Waals surface area contributed by atoms with Crippen molar-refractivity contribution in [1.29, 1.82) is 0 Å². The fourth-order valence-electron chi connectivity index (χ4n) is 3.42. The third kappa shape index (κ3) is 4.33. The monoisotopic (exact) mass is 385 g/mol. The van der Waals surface area contributed by atoms with Gasteiger partial charge in [0.1, 0.15) is 0 Å². The van der Waals surface area contributed by atoms with Crippen molar-refractivity contribution in [2.45, 2.75) is 45.9 Å². The number of hydrogen-bond acceptors (Lipinski definition) is 5. The third-order valence-electron chi connectivity index (χ3n) is 4.67. The molecule has 8 nitrogen and oxygen atoms in total. The summed E-state index contributed by atoms with van der Waals surface area (Å²) in [5.41, 5.74) is 9.03. The molecule has 3 rings (SSSR count). The first-order valence-electron chi connectivity index (χ1n) is 9.50. The number of nitrogens with two attached hydrogens (primary N) is 1. The predicted octanol–water partition coefficient (Wildman–Crippen LogP) is 2.44. The largest absolute Gasteiger partial charge is 0.447 e. The van der Waals surface area contributed by atoms with Gasteiger partial charge < -0.3 is 25.3 Å². The van der Waals surface area contributed by atoms with Crippen LogP contribution in [-0.2, 0) is 16.1 Å². The van der Waals surface area contributed by atoms with E-state index in [4.69, 9.17) is 10.5 Å². The Hall–Kier alpha value is -2.87. The van der Waals surface area contributed by atoms with Gasteiger partial charge in [0.2, 0.25) is 5.91 Å². The van der Waals surface area contributed by atoms with Crippen molar-refractivity contribution in [3.05, 3.63) is 36.3 Å². The molecule has 0 aliphatic carbocycles. The Balaban J connectivity index is 1.94. The molecule has 1 aromatic heterocycles. The minimum absolute atomic E-state index is 0.0237. The van der Waals surface area contributed by atoms with E-state index in [1.54, 1.807) is 18.2 Å². The zero-order chi connectivity index (χ0) is 20.3. The lowest BCUT2D eigenvalue weighted by molar-refractivity contribution is -0.116. The molecular weight excluding hydrogens is 358 g/mol. The molecule has 0 saturated heterocycles. The van der Waals surface area contributed by atoms with Crippen LogP contribution in [0.4, 0.5) is 10.5 Å². The molecule has 150 valence electrons. The summed E-state index contributed by atoms with van der Waals surface area (Å²) in [6.07, 6.45) is 3.65. The summed E-state index contributed by atoms with van der Waals surface area (Å²) in [5.74, 6) is -0.0237. The van der Waals surface area contributed by atoms with Crippen LogP contribution >= 0.6 is 0 Å². The van der Waals surface area contributed by atoms with E-state index in [2.05, 4.69) is 10.3 Å². The minimum atomic E-state index is -0.458. The normalized spacial score (nSPS) is 16.0. The Bertz CT molecular complexity index is 861. The number of benzene rings is 1. The topological polar surface area (TPSA) is 102 Å². The second-order valence-corrected chi connectivity index (χ2v) is 7.17. The van der Waals surface area contributed by atoms with Crippen molar-refractivity contribution in [1.82, 2.24) is 14.9 Å². The maximum absolute atomic E-state index is 12.1. The summed E-state index contributed by atoms with van der Waals surface area (Å²) >= 11 is 0. The average molecular weight is 385 g/mol. The molecule has 1 unspecified atom stereocenters. The van der Waals surface area contributed by atoms with Gasteiger partial charge in [-0.2, -0.15) is 0 Å². The van der Waals surface area contributed by atoms with Crippen LogP contribution in [0.25, 0.3) is 11.3 Å². The number of carbonyl (C=O) groups is 2. The average Bonchev–Trinajstić information content (AvgIpc) is 3.09. The molecule has 2 heterocycles. The lowest BCUT2D eigenvalue weighted by atomic mass is 9.93. The Morgan fingerprint density at radius 3 is 2.86 bits per heavy atom. The number of nitrogens with one attached hydrogen (secondary N) is 1. The number of nitrogens with zero attached hydrogens (tertiary/aromatic N) is 3. The number of fused-ring (bicyclic) bond motifs is 1. The van der Waals surface area contributed by atoms with Crippen LogP contribution in [0.15, 0.2) is 30.7 Å². The molecule has 28 heavy (non-hydrogen) atoms. The van der Waals surface area contributed by atoms with Crippen LogP contribution in [0.2, 0.25) is 0 Å². The Labute approximate surface area is 164 Å². The molecule has 0 saturated carbocycles. The van der Waals surface area contributed by atoms with E-state index in [1.165, 1.54) is 0 Å². The number of aromatic nitrogens is 2. The van der Waals surface area contributed by atoms with Gasteiger partial charge in [-0.15, -0.1) is 0 Å². The molecule has 2 amide bonds. The van der Waals surface area contributed by atoms with E-state index in [9.17, 15) is 9.59 Å². The molecule has 1 atom stereocenters. The number of alkyl carbamates (subject to hydrolysis) is 1. The summed E-state index contributed by atoms with van der Waals surface area (Å²) in [5, 5.41) is 2.93. The summed E-state index contributed by atoms with van der Waals surface area (Å²) in [6.45, 7) is 6.94. The van der Waals surface area contributed by atoms with Gasteiger partial charge in [-0.3, -0.25) is 4.79 Å². The predicted molar refractivity (Wildman–Crippen MR) is 107 cm³/mol. The Morgan fingerprint density at radius 1 is 1.39 bits per heavy atom. The summed E-state index contributed by atoms with van der Waals surface area (Å²) in [4.78, 5) is 30.4. The summed E-state index contributed by atoms with van der Waals surface area (Å²) in [6, 6.07) is 5.61. The quantitative estimate of drug-likeness (QED) is 0.823. The van der Waals surface area contributed by atoms with E-state index in [0.717, 1.165) is 22.5 Å². The van der Waals surface area contributed by atoms with Gasteiger partial charge >= 0.3 is 6.09 Å². The molecule has 3 N–H and O–H groups in total. The van der Waals surface area contributed by atoms with Gasteiger partial charge in [-0.05, 0) is 38.0 Å². The number of rotatable bonds is 5. The molecular formula is C20H27N5O3. The molecule has 0 bridgehead atoms. The second-order valence-electron chi connectivity index (χ2n) is 7.17. The standard InChI is InChI=1S/C20H27N5O3/c1-13(2)28-20(27)23-17-6-8-25(14(3)26)19-5-4-15(10-16(17)19)18-11-24(9-7-21)12-22-18/h4-5,10-13,17H,6-9,21H2,1-3H3,(H,23,27). The van der Waals surface area contributed by atoms with Gasteiger partial charge in [0, 0.05) is 44.0 Å². The maximum Gasteiger partial charge on any atom is 0.407 e. The first-order valence-corrected chi connectivity index (χ1v) is 9.50. The Morgan fingerprint density at radius 2 is 2.18 bits per heavy atom. The lowest BCUT2D eigenvalue weighted by Gasteiger charge is -2.34. The highest BCUT2D eigenvalue weighted by atomic mass is 16.6. The molecule has 0 radical (unpaired) electrons. The zero-order valence-corrected chi connectivity index (χ0v) is 16.5. The number of ether oxygens (including phenoxy) is 1. The van der Waals surface area contributed by atoms with Crippen molar-refractivity contribution >= 4 is 17.7 Å². The van der Waals surface area contributed by atoms with E-state index in [1.807, 2.05) is 42.8 Å². The van der Waals surface area contributed by atoms with E-state index in [-0.39, 0.29) is 18.1 Å². The van der Waals surface area contributed by atoms with Crippen LogP contribution in [0.3, 0.4) is 0 Å². The first-order chi connectivity index (χ1) is 13.4. The fourth-order valence-corrected chi connectivity index (χ4v) is 3.42. The molecule has 0 spiro atoms. The fraction of sp³-hybridized carbons (Fsp3) is 0.450. The highest BCUT2D eigenvalue weighted by molar-refractivity contribution is 5.93. The number of amides is 2. The van der Waals surface area contributed by atoms with Crippen LogP contribution in [-0.4, -0.2) is 40.7 Å². The molecule has 2 aromatic rings. The SMILES string of the molecule is CC(=O)N1CCC(NC(=O)OC(C)C)c2cc(-c3cn(CCN)cn3)ccc21. The van der Waals surface area contributed by atoms with Crippen molar-refractivity contribution in [3.63, 3.8) is 0 Å². The first kappa shape index (κ1) is 19.9. The van der Waals surface area contributed by atoms with Gasteiger partial charge in [0.05, 0.1) is 24.2 Å². The number of imidazole rings is 1. The van der Waals surface area contributed by atoms with Crippen LogP contribution < -0.4 is 16.0 Å². The highest BCUT2D eigenvalue weighted by Gasteiger charge is 2.29. The minimum Gasteiger partial charge on any atom is -0.447 e. The van der Waals surface area contributed by atoms with Crippen molar-refractivity contribution in [3.8, 4) is 11.3 Å². The third-order valence-corrected chi connectivity index (χ3v) is 4.67. The highest BCUT2D eigenvalue weighted by Crippen LogP contribution is 2.36. The van der Waals surface area contributed by atoms with Crippen LogP contribution in [0.1, 0.15) is 38.8 Å². The second kappa shape index (κ2) is 8.43. The lowest BCUT2D eigenvalue weighted by Crippen LogP contribution is -2.40. The number of anilines is 1. The smallest absolute Gasteiger partial charge is 0.407 e. The van der Waals surface area contributed by atoms with E-state index < -0.39 is 6.09 Å². The van der Waals surface area contributed by atoms with Crippen molar-refractivity contribution in [2.24, 2.45) is 5.73 Å². The Kier molecular flexibility index (Phi) is 5.99. The molecule has 1 aliphatic rings. The van der Waals surface area contributed by atoms with Crippen molar-refractivity contribution < 1.29 is 14.3 Å². The van der Waals surface area contributed by atoms with E-state index in [0.29, 0.717) is 26.1 Å². The van der Waals surface area contributed by atoms with Gasteiger partial charge in [0.25, 0.3) is 0 Å². The summed E-state index contributed by atoms with van der Waals surface area (Å²) < 4.78 is 7.17. The van der Waals surface area contributed by atoms with Gasteiger partial charge in [0.15, 0.2) is 0 Å². The molecule has 1 aliphatic heterocycles. The van der Waals surface area contributed by atoms with E-state index >= 15 is 0 Å². The van der Waals surface area contributed by atoms with Crippen LogP contribution in [0, 0.1) is 0 Å². The summed E-state index contributed by atoms with van der Waals surface area (Å²) in [7, 11) is 0. The molecule has 0 fully saturated rings. The number of hydrogen-bond donors (Lipinski definition) is 2.